The van der Waals surface area contributed by atoms with E-state index in [-0.39, 0.29) is 0 Å². The summed E-state index contributed by atoms with van der Waals surface area (Å²) in [7, 11) is -3.88. The molecule has 0 saturated carbocycles. The number of aliphatic hydroxyl groups is 1. The molecule has 0 saturated heterocycles. The second-order valence-electron chi connectivity index (χ2n) is 3.41. The van der Waals surface area contributed by atoms with E-state index < -0.39 is 31.8 Å². The number of carboxylic acid groups (broad SMARTS) is 1. The molecule has 6 heteroatoms. The Labute approximate surface area is 92.8 Å². The molecule has 0 aliphatic rings. The van der Waals surface area contributed by atoms with Gasteiger partial charge in [-0.05, 0) is 5.56 Å². The van der Waals surface area contributed by atoms with Crippen LogP contribution >= 0.6 is 7.37 Å². The Morgan fingerprint density at radius 2 is 1.88 bits per heavy atom. The van der Waals surface area contributed by atoms with Crippen molar-refractivity contribution in [2.45, 2.75) is 12.3 Å². The van der Waals surface area contributed by atoms with Crippen LogP contribution in [0.15, 0.2) is 30.3 Å². The van der Waals surface area contributed by atoms with E-state index in [0.29, 0.717) is 5.56 Å². The topological polar surface area (TPSA) is 94.8 Å². The predicted octanol–water partition coefficient (Wildman–Crippen LogP) is 1.42. The lowest BCUT2D eigenvalue weighted by atomic mass is 10.2. The Bertz CT molecular complexity index is 403. The third kappa shape index (κ3) is 3.45. The fourth-order valence-corrected chi connectivity index (χ4v) is 2.63. The highest BCUT2D eigenvalue weighted by atomic mass is 31.2. The summed E-state index contributed by atoms with van der Waals surface area (Å²) in [4.78, 5) is 19.8. The smallest absolute Gasteiger partial charge is 0.303 e. The molecular weight excluding hydrogens is 231 g/mol. The molecule has 1 aromatic carbocycles. The van der Waals surface area contributed by atoms with Crippen molar-refractivity contribution in [2.75, 3.05) is 6.16 Å². The first-order valence-corrected chi connectivity index (χ1v) is 6.61. The summed E-state index contributed by atoms with van der Waals surface area (Å²) in [6.45, 7) is 0. The minimum atomic E-state index is -3.88. The molecule has 0 fully saturated rings. The van der Waals surface area contributed by atoms with E-state index in [1.54, 1.807) is 18.2 Å². The van der Waals surface area contributed by atoms with Crippen molar-refractivity contribution < 1.29 is 24.5 Å². The van der Waals surface area contributed by atoms with Gasteiger partial charge in [0.1, 0.15) is 0 Å². The summed E-state index contributed by atoms with van der Waals surface area (Å²) in [6.07, 6.45) is -0.865. The molecule has 0 radical (unpaired) electrons. The SMILES string of the molecule is O=C(O)CCP(=O)(O)[C@H](O)c1ccccc1. The highest BCUT2D eigenvalue weighted by Gasteiger charge is 2.30. The Balaban J connectivity index is 2.76. The summed E-state index contributed by atoms with van der Waals surface area (Å²) in [5.74, 6) is -2.68. The molecule has 0 aliphatic carbocycles. The van der Waals surface area contributed by atoms with Crippen LogP contribution in [0.25, 0.3) is 0 Å². The molecule has 0 aromatic heterocycles. The molecule has 1 rings (SSSR count). The van der Waals surface area contributed by atoms with Gasteiger partial charge in [0.25, 0.3) is 0 Å². The van der Waals surface area contributed by atoms with Gasteiger partial charge >= 0.3 is 5.97 Å². The van der Waals surface area contributed by atoms with Crippen molar-refractivity contribution in [1.82, 2.24) is 0 Å². The minimum absolute atomic E-state index is 0.318. The standard InChI is InChI=1S/C10H13O5P/c11-9(12)6-7-16(14,15)10(13)8-4-2-1-3-5-8/h1-5,10,13H,6-7H2,(H,11,12)(H,14,15)/t10-/m0/s1. The molecule has 88 valence electrons. The first-order valence-electron chi connectivity index (χ1n) is 4.70. The Hall–Kier alpha value is -1.16. The molecule has 1 unspecified atom stereocenters. The second kappa shape index (κ2) is 5.25. The van der Waals surface area contributed by atoms with Gasteiger partial charge in [-0.2, -0.15) is 0 Å². The van der Waals surface area contributed by atoms with Crippen molar-refractivity contribution in [2.24, 2.45) is 0 Å². The van der Waals surface area contributed by atoms with E-state index in [0.717, 1.165) is 0 Å². The highest BCUT2D eigenvalue weighted by Crippen LogP contribution is 2.54. The molecular formula is C10H13O5P. The highest BCUT2D eigenvalue weighted by molar-refractivity contribution is 7.58. The van der Waals surface area contributed by atoms with Gasteiger partial charge in [0, 0.05) is 6.16 Å². The average molecular weight is 244 g/mol. The Morgan fingerprint density at radius 3 is 2.38 bits per heavy atom. The number of benzene rings is 1. The summed E-state index contributed by atoms with van der Waals surface area (Å²) in [5, 5.41) is 18.1. The second-order valence-corrected chi connectivity index (χ2v) is 5.85. The average Bonchev–Trinajstić information content (AvgIpc) is 2.27. The Kier molecular flexibility index (Phi) is 4.24. The van der Waals surface area contributed by atoms with Gasteiger partial charge in [0.05, 0.1) is 6.42 Å². The molecule has 0 aliphatic heterocycles. The van der Waals surface area contributed by atoms with Crippen LogP contribution in [0.2, 0.25) is 0 Å². The fraction of sp³-hybridized carbons (Fsp3) is 0.300. The van der Waals surface area contributed by atoms with E-state index in [1.165, 1.54) is 12.1 Å². The monoisotopic (exact) mass is 244 g/mol. The van der Waals surface area contributed by atoms with E-state index in [1.807, 2.05) is 0 Å². The van der Waals surface area contributed by atoms with Gasteiger partial charge in [0.15, 0.2) is 5.85 Å². The number of carbonyl (C=O) groups is 1. The molecule has 0 amide bonds. The van der Waals surface area contributed by atoms with Gasteiger partial charge < -0.3 is 15.1 Å². The van der Waals surface area contributed by atoms with E-state index in [4.69, 9.17) is 5.11 Å². The summed E-state index contributed by atoms with van der Waals surface area (Å²) >= 11 is 0. The predicted molar refractivity (Wildman–Crippen MR) is 58.3 cm³/mol. The van der Waals surface area contributed by atoms with Crippen LogP contribution < -0.4 is 0 Å². The summed E-state index contributed by atoms with van der Waals surface area (Å²) in [5.41, 5.74) is 0.318. The van der Waals surface area contributed by atoms with E-state index in [9.17, 15) is 19.4 Å². The number of aliphatic carboxylic acids is 1. The number of carboxylic acids is 1. The maximum Gasteiger partial charge on any atom is 0.303 e. The van der Waals surface area contributed by atoms with Gasteiger partial charge in [-0.3, -0.25) is 9.36 Å². The lowest BCUT2D eigenvalue weighted by Crippen LogP contribution is -2.06. The zero-order valence-electron chi connectivity index (χ0n) is 8.48. The van der Waals surface area contributed by atoms with Gasteiger partial charge in [0.2, 0.25) is 7.37 Å². The van der Waals surface area contributed by atoms with Crippen LogP contribution in [0.5, 0.6) is 0 Å². The minimum Gasteiger partial charge on any atom is -0.481 e. The van der Waals surface area contributed by atoms with E-state index >= 15 is 0 Å². The van der Waals surface area contributed by atoms with Crippen molar-refractivity contribution in [3.05, 3.63) is 35.9 Å². The fourth-order valence-electron chi connectivity index (χ4n) is 1.24. The first-order chi connectivity index (χ1) is 7.43. The van der Waals surface area contributed by atoms with Crippen molar-refractivity contribution in [3.63, 3.8) is 0 Å². The molecule has 0 heterocycles. The van der Waals surface area contributed by atoms with Crippen molar-refractivity contribution in [1.29, 1.82) is 0 Å². The molecule has 0 spiro atoms. The molecule has 16 heavy (non-hydrogen) atoms. The Morgan fingerprint density at radius 1 is 1.31 bits per heavy atom. The zero-order valence-corrected chi connectivity index (χ0v) is 9.38. The van der Waals surface area contributed by atoms with Crippen molar-refractivity contribution in [3.8, 4) is 0 Å². The summed E-state index contributed by atoms with van der Waals surface area (Å²) < 4.78 is 11.7. The zero-order chi connectivity index (χ0) is 12.2. The number of hydrogen-bond acceptors (Lipinski definition) is 3. The first kappa shape index (κ1) is 12.9. The quantitative estimate of drug-likeness (QED) is 0.681. The summed E-state index contributed by atoms with van der Waals surface area (Å²) in [6, 6.07) is 8.03. The maximum atomic E-state index is 11.7. The van der Waals surface area contributed by atoms with Gasteiger partial charge in [-0.1, -0.05) is 30.3 Å². The third-order valence-electron chi connectivity index (χ3n) is 2.13. The molecule has 0 bridgehead atoms. The lowest BCUT2D eigenvalue weighted by molar-refractivity contribution is -0.136. The number of hydrogen-bond donors (Lipinski definition) is 3. The molecule has 5 nitrogen and oxygen atoms in total. The molecule has 2 atom stereocenters. The van der Waals surface area contributed by atoms with Crippen LogP contribution in [-0.4, -0.2) is 27.2 Å². The molecule has 3 N–H and O–H groups in total. The van der Waals surface area contributed by atoms with Crippen LogP contribution in [0.3, 0.4) is 0 Å². The van der Waals surface area contributed by atoms with Crippen LogP contribution in [0, 0.1) is 0 Å². The van der Waals surface area contributed by atoms with Crippen LogP contribution in [-0.2, 0) is 9.36 Å². The number of aliphatic hydroxyl groups excluding tert-OH is 1. The van der Waals surface area contributed by atoms with Crippen LogP contribution in [0.1, 0.15) is 17.8 Å². The number of rotatable bonds is 5. The lowest BCUT2D eigenvalue weighted by Gasteiger charge is -2.17. The van der Waals surface area contributed by atoms with Crippen LogP contribution in [0.4, 0.5) is 0 Å². The maximum absolute atomic E-state index is 11.7. The molecule has 1 aromatic rings. The van der Waals surface area contributed by atoms with E-state index in [2.05, 4.69) is 0 Å². The normalized spacial score (nSPS) is 16.4. The van der Waals surface area contributed by atoms with Crippen molar-refractivity contribution >= 4 is 13.3 Å². The third-order valence-corrected chi connectivity index (χ3v) is 4.05. The van der Waals surface area contributed by atoms with Gasteiger partial charge in [-0.25, -0.2) is 0 Å². The van der Waals surface area contributed by atoms with Gasteiger partial charge in [-0.15, -0.1) is 0 Å². The largest absolute Gasteiger partial charge is 0.481 e.